The number of hydrogen-bond acceptors (Lipinski definition) is 4. The molecule has 0 fully saturated rings. The molecule has 0 aromatic heterocycles. The van der Waals surface area contributed by atoms with Crippen LogP contribution in [0.15, 0.2) is 53.6 Å². The number of carbonyl (C=O) groups excluding carboxylic acids is 3. The van der Waals surface area contributed by atoms with Crippen LogP contribution >= 0.6 is 0 Å². The minimum absolute atomic E-state index is 0.130. The Labute approximate surface area is 167 Å². The van der Waals surface area contributed by atoms with Gasteiger partial charge in [-0.1, -0.05) is 12.1 Å². The second kappa shape index (κ2) is 8.64. The van der Waals surface area contributed by atoms with Crippen molar-refractivity contribution >= 4 is 29.1 Å². The normalized spacial score (nSPS) is 13.7. The first-order valence-corrected chi connectivity index (χ1v) is 9.09. The molecular formula is C21H21FN4O3. The van der Waals surface area contributed by atoms with Crippen LogP contribution in [0.2, 0.25) is 0 Å². The van der Waals surface area contributed by atoms with Crippen molar-refractivity contribution in [3.63, 3.8) is 0 Å². The van der Waals surface area contributed by atoms with Gasteiger partial charge in [-0.3, -0.25) is 14.4 Å². The van der Waals surface area contributed by atoms with E-state index in [0.717, 1.165) is 0 Å². The molecule has 0 unspecified atom stereocenters. The lowest BCUT2D eigenvalue weighted by Crippen LogP contribution is -2.36. The third-order valence-electron chi connectivity index (χ3n) is 4.41. The number of benzene rings is 2. The monoisotopic (exact) mass is 396 g/mol. The standard InChI is InChI=1S/C21H21FN4O3/c1-25(2)21(29)15-5-9-17(10-6-15)23-20(28)18-11-12-19(27)26(24-18)13-14-3-7-16(22)8-4-14/h3-10H,11-13H2,1-2H3,(H,23,28). The molecule has 2 aromatic rings. The molecule has 2 aromatic carbocycles. The van der Waals surface area contributed by atoms with Gasteiger partial charge in [-0.2, -0.15) is 5.10 Å². The highest BCUT2D eigenvalue weighted by molar-refractivity contribution is 6.43. The van der Waals surface area contributed by atoms with Gasteiger partial charge in [0, 0.05) is 38.2 Å². The molecule has 0 aliphatic carbocycles. The Morgan fingerprint density at radius 2 is 1.72 bits per heavy atom. The van der Waals surface area contributed by atoms with Crippen LogP contribution < -0.4 is 5.32 Å². The zero-order valence-corrected chi connectivity index (χ0v) is 16.2. The summed E-state index contributed by atoms with van der Waals surface area (Å²) >= 11 is 0. The van der Waals surface area contributed by atoms with Crippen molar-refractivity contribution in [2.75, 3.05) is 19.4 Å². The molecule has 0 bridgehead atoms. The fraction of sp³-hybridized carbons (Fsp3) is 0.238. The highest BCUT2D eigenvalue weighted by atomic mass is 19.1. The number of hydrogen-bond donors (Lipinski definition) is 1. The first-order valence-electron chi connectivity index (χ1n) is 9.09. The van der Waals surface area contributed by atoms with Crippen molar-refractivity contribution in [2.45, 2.75) is 19.4 Å². The van der Waals surface area contributed by atoms with E-state index in [1.54, 1.807) is 50.5 Å². The SMILES string of the molecule is CN(C)C(=O)c1ccc(NC(=O)C2=NN(Cc3ccc(F)cc3)C(=O)CC2)cc1. The van der Waals surface area contributed by atoms with Crippen molar-refractivity contribution in [3.05, 3.63) is 65.5 Å². The summed E-state index contributed by atoms with van der Waals surface area (Å²) < 4.78 is 13.0. The lowest BCUT2D eigenvalue weighted by molar-refractivity contribution is -0.132. The molecule has 1 aliphatic rings. The summed E-state index contributed by atoms with van der Waals surface area (Å²) in [5, 5.41) is 8.14. The minimum atomic E-state index is -0.409. The van der Waals surface area contributed by atoms with Crippen LogP contribution in [0.4, 0.5) is 10.1 Å². The second-order valence-electron chi connectivity index (χ2n) is 6.86. The lowest BCUT2D eigenvalue weighted by atomic mass is 10.1. The zero-order chi connectivity index (χ0) is 21.0. The largest absolute Gasteiger partial charge is 0.345 e. The second-order valence-corrected chi connectivity index (χ2v) is 6.86. The Bertz CT molecular complexity index is 953. The van der Waals surface area contributed by atoms with Crippen molar-refractivity contribution in [3.8, 4) is 0 Å². The summed E-state index contributed by atoms with van der Waals surface area (Å²) in [5.74, 6) is -1.10. The Morgan fingerprint density at radius 3 is 2.34 bits per heavy atom. The number of amides is 3. The number of rotatable bonds is 5. The first-order chi connectivity index (χ1) is 13.8. The Hall–Kier alpha value is -3.55. The fourth-order valence-corrected chi connectivity index (χ4v) is 2.81. The van der Waals surface area contributed by atoms with Gasteiger partial charge in [0.25, 0.3) is 11.8 Å². The molecule has 0 saturated carbocycles. The van der Waals surface area contributed by atoms with Crippen LogP contribution in [0, 0.1) is 5.82 Å². The number of nitrogens with zero attached hydrogens (tertiary/aromatic N) is 3. The molecule has 0 radical (unpaired) electrons. The van der Waals surface area contributed by atoms with E-state index in [0.29, 0.717) is 16.8 Å². The van der Waals surface area contributed by atoms with Crippen LogP contribution in [0.3, 0.4) is 0 Å². The smallest absolute Gasteiger partial charge is 0.271 e. The molecule has 1 N–H and O–H groups in total. The summed E-state index contributed by atoms with van der Waals surface area (Å²) in [4.78, 5) is 38.1. The minimum Gasteiger partial charge on any atom is -0.345 e. The molecule has 1 heterocycles. The van der Waals surface area contributed by atoms with E-state index in [1.807, 2.05) is 0 Å². The van der Waals surface area contributed by atoms with E-state index >= 15 is 0 Å². The quantitative estimate of drug-likeness (QED) is 0.844. The summed E-state index contributed by atoms with van der Waals surface area (Å²) in [6.45, 7) is 0.164. The Balaban J connectivity index is 1.68. The summed E-state index contributed by atoms with van der Waals surface area (Å²) in [6, 6.07) is 12.3. The average Bonchev–Trinajstić information content (AvgIpc) is 2.71. The van der Waals surface area contributed by atoms with Gasteiger partial charge >= 0.3 is 0 Å². The maximum atomic E-state index is 13.0. The summed E-state index contributed by atoms with van der Waals surface area (Å²) in [7, 11) is 3.33. The molecule has 7 nitrogen and oxygen atoms in total. The number of nitrogens with one attached hydrogen (secondary N) is 1. The molecule has 1 aliphatic heterocycles. The maximum absolute atomic E-state index is 13.0. The van der Waals surface area contributed by atoms with Gasteiger partial charge in [-0.05, 0) is 42.0 Å². The molecule has 0 saturated heterocycles. The molecule has 150 valence electrons. The predicted molar refractivity (Wildman–Crippen MR) is 107 cm³/mol. The summed E-state index contributed by atoms with van der Waals surface area (Å²) in [6.07, 6.45) is 0.408. The van der Waals surface area contributed by atoms with Gasteiger partial charge in [-0.25, -0.2) is 9.40 Å². The van der Waals surface area contributed by atoms with Gasteiger partial charge in [0.05, 0.1) is 6.54 Å². The molecule has 3 rings (SSSR count). The summed E-state index contributed by atoms with van der Waals surface area (Å²) in [5.41, 5.74) is 1.99. The van der Waals surface area contributed by atoms with Crippen LogP contribution in [0.25, 0.3) is 0 Å². The third kappa shape index (κ3) is 5.04. The Kier molecular flexibility index (Phi) is 6.01. The van der Waals surface area contributed by atoms with Gasteiger partial charge in [0.2, 0.25) is 5.91 Å². The molecule has 8 heteroatoms. The highest BCUT2D eigenvalue weighted by Gasteiger charge is 2.24. The fourth-order valence-electron chi connectivity index (χ4n) is 2.81. The number of carbonyl (C=O) groups is 3. The van der Waals surface area contributed by atoms with Gasteiger partial charge in [0.1, 0.15) is 11.5 Å². The molecular weight excluding hydrogens is 375 g/mol. The van der Waals surface area contributed by atoms with Gasteiger partial charge in [0.15, 0.2) is 0 Å². The third-order valence-corrected chi connectivity index (χ3v) is 4.41. The van der Waals surface area contributed by atoms with Crippen LogP contribution in [-0.2, 0) is 16.1 Å². The van der Waals surface area contributed by atoms with Crippen molar-refractivity contribution in [1.82, 2.24) is 9.91 Å². The van der Waals surface area contributed by atoms with E-state index in [9.17, 15) is 18.8 Å². The highest BCUT2D eigenvalue weighted by Crippen LogP contribution is 2.16. The average molecular weight is 396 g/mol. The van der Waals surface area contributed by atoms with Gasteiger partial charge < -0.3 is 10.2 Å². The van der Waals surface area contributed by atoms with E-state index in [2.05, 4.69) is 10.4 Å². The zero-order valence-electron chi connectivity index (χ0n) is 16.2. The Morgan fingerprint density at radius 1 is 1.07 bits per heavy atom. The van der Waals surface area contributed by atoms with E-state index in [-0.39, 0.29) is 42.7 Å². The number of hydrazone groups is 1. The molecule has 3 amide bonds. The molecule has 29 heavy (non-hydrogen) atoms. The van der Waals surface area contributed by atoms with Crippen LogP contribution in [-0.4, -0.2) is 47.4 Å². The van der Waals surface area contributed by atoms with E-state index < -0.39 is 5.91 Å². The van der Waals surface area contributed by atoms with Crippen molar-refractivity contribution < 1.29 is 18.8 Å². The molecule has 0 spiro atoms. The number of halogens is 1. The van der Waals surface area contributed by atoms with E-state index in [1.165, 1.54) is 22.0 Å². The first kappa shape index (κ1) is 20.2. The lowest BCUT2D eigenvalue weighted by Gasteiger charge is -2.23. The number of anilines is 1. The van der Waals surface area contributed by atoms with Crippen LogP contribution in [0.5, 0.6) is 0 Å². The topological polar surface area (TPSA) is 82.1 Å². The van der Waals surface area contributed by atoms with Crippen molar-refractivity contribution in [2.24, 2.45) is 5.10 Å². The van der Waals surface area contributed by atoms with Gasteiger partial charge in [-0.15, -0.1) is 0 Å². The van der Waals surface area contributed by atoms with Crippen LogP contribution in [0.1, 0.15) is 28.8 Å². The maximum Gasteiger partial charge on any atom is 0.271 e. The van der Waals surface area contributed by atoms with Crippen molar-refractivity contribution in [1.29, 1.82) is 0 Å². The van der Waals surface area contributed by atoms with E-state index in [4.69, 9.17) is 0 Å². The predicted octanol–water partition coefficient (Wildman–Crippen LogP) is 2.64. The molecule has 0 atom stereocenters.